The van der Waals surface area contributed by atoms with Gasteiger partial charge < -0.3 is 19.1 Å². The van der Waals surface area contributed by atoms with Crippen molar-refractivity contribution in [1.29, 1.82) is 0 Å². The summed E-state index contributed by atoms with van der Waals surface area (Å²) in [5, 5.41) is 11.1. The van der Waals surface area contributed by atoms with E-state index in [-0.39, 0.29) is 29.6 Å². The smallest absolute Gasteiger partial charge is 0.176 e. The third kappa shape index (κ3) is 3.58. The molecule has 166 valence electrons. The van der Waals surface area contributed by atoms with Gasteiger partial charge in [-0.25, -0.2) is 4.98 Å². The summed E-state index contributed by atoms with van der Waals surface area (Å²) in [4.78, 5) is 20.7. The third-order valence-corrected chi connectivity index (χ3v) is 7.37. The van der Waals surface area contributed by atoms with Crippen molar-refractivity contribution in [2.45, 2.75) is 32.0 Å². The van der Waals surface area contributed by atoms with Crippen LogP contribution in [0.15, 0.2) is 30.5 Å². The van der Waals surface area contributed by atoms with E-state index in [9.17, 15) is 9.90 Å². The second-order valence-corrected chi connectivity index (χ2v) is 9.06. The Morgan fingerprint density at radius 3 is 2.74 bits per heavy atom. The number of aliphatic hydroxyl groups excluding tert-OH is 1. The van der Waals surface area contributed by atoms with Gasteiger partial charge in [0.15, 0.2) is 5.78 Å². The van der Waals surface area contributed by atoms with E-state index in [0.29, 0.717) is 31.0 Å². The van der Waals surface area contributed by atoms with Gasteiger partial charge in [-0.05, 0) is 24.5 Å². The molecule has 1 aromatic heterocycles. The Balaban J connectivity index is 1.46. The van der Waals surface area contributed by atoms with E-state index in [0.717, 1.165) is 37.1 Å². The second kappa shape index (κ2) is 8.37. The maximum Gasteiger partial charge on any atom is 0.176 e. The van der Waals surface area contributed by atoms with Crippen molar-refractivity contribution in [1.82, 2.24) is 14.5 Å². The Kier molecular flexibility index (Phi) is 5.58. The standard InChI is InChI=1S/C24H31N3O4/c1-3-15-12-16-22(29)18(24-25-19-6-4-5-7-20(19)26(24)2)14-31-23(16)17(21(15)28)13-27-8-10-30-11-9-27/h4-7,14-17,21,23,28H,3,8-13H2,1-2H3. The van der Waals surface area contributed by atoms with E-state index in [1.807, 2.05) is 35.9 Å². The predicted octanol–water partition coefficient (Wildman–Crippen LogP) is 2.24. The van der Waals surface area contributed by atoms with Crippen molar-refractivity contribution < 1.29 is 19.4 Å². The number of benzene rings is 1. The second-order valence-electron chi connectivity index (χ2n) is 9.06. The van der Waals surface area contributed by atoms with Crippen molar-refractivity contribution in [3.63, 3.8) is 0 Å². The number of ether oxygens (including phenoxy) is 2. The molecular weight excluding hydrogens is 394 g/mol. The number of carbonyl (C=O) groups excluding carboxylic acids is 1. The van der Waals surface area contributed by atoms with E-state index >= 15 is 0 Å². The molecule has 1 saturated heterocycles. The average molecular weight is 426 g/mol. The molecule has 0 bridgehead atoms. The first kappa shape index (κ1) is 20.7. The SMILES string of the molecule is CCC1CC2C(=O)C(c3nc4ccccc4n3C)=COC2C(CN2CCOCC2)C1O. The summed E-state index contributed by atoms with van der Waals surface area (Å²) < 4.78 is 13.7. The summed E-state index contributed by atoms with van der Waals surface area (Å²) in [7, 11) is 1.94. The molecule has 5 rings (SSSR count). The van der Waals surface area contributed by atoms with Crippen LogP contribution in [0.3, 0.4) is 0 Å². The maximum absolute atomic E-state index is 13.7. The largest absolute Gasteiger partial charge is 0.496 e. The topological polar surface area (TPSA) is 76.8 Å². The van der Waals surface area contributed by atoms with Crippen molar-refractivity contribution in [2.75, 3.05) is 32.8 Å². The summed E-state index contributed by atoms with van der Waals surface area (Å²) in [5.41, 5.74) is 2.40. The molecule has 2 aliphatic heterocycles. The number of carbonyl (C=O) groups is 1. The highest BCUT2D eigenvalue weighted by Gasteiger charge is 2.50. The summed E-state index contributed by atoms with van der Waals surface area (Å²) in [6, 6.07) is 7.89. The molecule has 0 amide bonds. The summed E-state index contributed by atoms with van der Waals surface area (Å²) in [6.45, 7) is 5.95. The quantitative estimate of drug-likeness (QED) is 0.810. The number of aromatic nitrogens is 2. The van der Waals surface area contributed by atoms with Gasteiger partial charge in [0.2, 0.25) is 0 Å². The minimum Gasteiger partial charge on any atom is -0.496 e. The zero-order chi connectivity index (χ0) is 21.5. The molecule has 3 aliphatic rings. The fraction of sp³-hybridized carbons (Fsp3) is 0.583. The summed E-state index contributed by atoms with van der Waals surface area (Å²) in [5.74, 6) is 0.489. The Morgan fingerprint density at radius 2 is 2.00 bits per heavy atom. The van der Waals surface area contributed by atoms with Crippen LogP contribution in [0.1, 0.15) is 25.6 Å². The number of nitrogens with zero attached hydrogens (tertiary/aromatic N) is 3. The first-order valence-electron chi connectivity index (χ1n) is 11.4. The van der Waals surface area contributed by atoms with Gasteiger partial charge in [0.05, 0.1) is 48.1 Å². The molecule has 0 radical (unpaired) electrons. The lowest BCUT2D eigenvalue weighted by Crippen LogP contribution is -2.56. The van der Waals surface area contributed by atoms with E-state index in [1.165, 1.54) is 0 Å². The number of morpholine rings is 1. The molecule has 5 unspecified atom stereocenters. The molecule has 2 fully saturated rings. The fourth-order valence-corrected chi connectivity index (χ4v) is 5.55. The number of ketones is 1. The predicted molar refractivity (Wildman–Crippen MR) is 117 cm³/mol. The van der Waals surface area contributed by atoms with Crippen LogP contribution in [-0.4, -0.2) is 70.4 Å². The molecule has 1 saturated carbocycles. The molecule has 7 nitrogen and oxygen atoms in total. The maximum atomic E-state index is 13.7. The zero-order valence-corrected chi connectivity index (χ0v) is 18.2. The number of imidazole rings is 1. The lowest BCUT2D eigenvalue weighted by Gasteiger charge is -2.47. The Hall–Kier alpha value is -2.22. The van der Waals surface area contributed by atoms with E-state index in [4.69, 9.17) is 14.5 Å². The van der Waals surface area contributed by atoms with Crippen LogP contribution < -0.4 is 0 Å². The van der Waals surface area contributed by atoms with Gasteiger partial charge in [-0.3, -0.25) is 9.69 Å². The number of para-hydroxylation sites is 2. The molecule has 2 aromatic rings. The Morgan fingerprint density at radius 1 is 1.23 bits per heavy atom. The van der Waals surface area contributed by atoms with E-state index in [2.05, 4.69) is 11.8 Å². The van der Waals surface area contributed by atoms with Gasteiger partial charge in [0, 0.05) is 32.6 Å². The highest BCUT2D eigenvalue weighted by molar-refractivity contribution is 6.21. The molecule has 0 spiro atoms. The zero-order valence-electron chi connectivity index (χ0n) is 18.2. The van der Waals surface area contributed by atoms with Gasteiger partial charge in [-0.1, -0.05) is 25.5 Å². The average Bonchev–Trinajstić information content (AvgIpc) is 3.13. The lowest BCUT2D eigenvalue weighted by molar-refractivity contribution is -0.142. The minimum atomic E-state index is -0.465. The number of aliphatic hydroxyl groups is 1. The number of allylic oxidation sites excluding steroid dienone is 1. The minimum absolute atomic E-state index is 0.0898. The Bertz CT molecular complexity index is 994. The van der Waals surface area contributed by atoms with Crippen LogP contribution >= 0.6 is 0 Å². The van der Waals surface area contributed by atoms with Crippen molar-refractivity contribution in [3.05, 3.63) is 36.4 Å². The van der Waals surface area contributed by atoms with Crippen LogP contribution in [0.25, 0.3) is 16.6 Å². The molecule has 1 aromatic carbocycles. The molecule has 31 heavy (non-hydrogen) atoms. The van der Waals surface area contributed by atoms with Crippen molar-refractivity contribution in [3.8, 4) is 0 Å². The van der Waals surface area contributed by atoms with Gasteiger partial charge in [0.1, 0.15) is 11.9 Å². The third-order valence-electron chi connectivity index (χ3n) is 7.37. The lowest BCUT2D eigenvalue weighted by atomic mass is 9.67. The fourth-order valence-electron chi connectivity index (χ4n) is 5.55. The normalized spacial score (nSPS) is 31.9. The van der Waals surface area contributed by atoms with E-state index < -0.39 is 6.10 Å². The number of aryl methyl sites for hydroxylation is 1. The van der Waals surface area contributed by atoms with Crippen molar-refractivity contribution >= 4 is 22.4 Å². The van der Waals surface area contributed by atoms with E-state index in [1.54, 1.807) is 6.26 Å². The molecular formula is C24H31N3O4. The number of rotatable bonds is 4. The number of Topliss-reactive ketones (excluding diaryl/α,β-unsaturated/α-hetero) is 1. The number of hydrogen-bond acceptors (Lipinski definition) is 6. The molecule has 1 aliphatic carbocycles. The molecule has 3 heterocycles. The molecule has 7 heteroatoms. The number of hydrogen-bond donors (Lipinski definition) is 1. The monoisotopic (exact) mass is 425 g/mol. The molecule has 5 atom stereocenters. The first-order valence-corrected chi connectivity index (χ1v) is 11.4. The highest BCUT2D eigenvalue weighted by Crippen LogP contribution is 2.43. The summed E-state index contributed by atoms with van der Waals surface area (Å²) >= 11 is 0. The molecule has 1 N–H and O–H groups in total. The van der Waals surface area contributed by atoms with Crippen LogP contribution in [-0.2, 0) is 21.3 Å². The van der Waals surface area contributed by atoms with Gasteiger partial charge in [-0.15, -0.1) is 0 Å². The van der Waals surface area contributed by atoms with Gasteiger partial charge in [0.25, 0.3) is 0 Å². The van der Waals surface area contributed by atoms with Crippen LogP contribution in [0.4, 0.5) is 0 Å². The first-order chi connectivity index (χ1) is 15.1. The van der Waals surface area contributed by atoms with Gasteiger partial charge >= 0.3 is 0 Å². The van der Waals surface area contributed by atoms with Crippen LogP contribution in [0, 0.1) is 17.8 Å². The van der Waals surface area contributed by atoms with Gasteiger partial charge in [-0.2, -0.15) is 0 Å². The number of fused-ring (bicyclic) bond motifs is 2. The Labute approximate surface area is 182 Å². The van der Waals surface area contributed by atoms with Crippen LogP contribution in [0.5, 0.6) is 0 Å². The van der Waals surface area contributed by atoms with Crippen molar-refractivity contribution in [2.24, 2.45) is 24.8 Å². The summed E-state index contributed by atoms with van der Waals surface area (Å²) in [6.07, 6.45) is 2.33. The van der Waals surface area contributed by atoms with Crippen LogP contribution in [0.2, 0.25) is 0 Å². The highest BCUT2D eigenvalue weighted by atomic mass is 16.5.